The molecule has 0 aliphatic carbocycles. The third-order valence-corrected chi connectivity index (χ3v) is 1.70. The second kappa shape index (κ2) is 13.8. The Kier molecular flexibility index (Phi) is 15.9. The van der Waals surface area contributed by atoms with E-state index in [1.165, 1.54) is 0 Å². The maximum Gasteiger partial charge on any atom is 0.157 e. The molecule has 15 heavy (non-hydrogen) atoms. The molecular weight excluding hydrogens is 196 g/mol. The molecule has 0 amide bonds. The number of aliphatic hydroxyl groups excluding tert-OH is 2. The van der Waals surface area contributed by atoms with E-state index in [0.29, 0.717) is 13.2 Å². The minimum atomic E-state index is -0.281. The minimum absolute atomic E-state index is 0.0894. The van der Waals surface area contributed by atoms with Crippen molar-refractivity contribution in [2.24, 2.45) is 0 Å². The zero-order valence-corrected chi connectivity index (χ0v) is 10.4. The lowest BCUT2D eigenvalue weighted by molar-refractivity contribution is -0.172. The lowest BCUT2D eigenvalue weighted by Crippen LogP contribution is -2.30. The van der Waals surface area contributed by atoms with E-state index >= 15 is 0 Å². The van der Waals surface area contributed by atoms with Gasteiger partial charge in [0.15, 0.2) is 6.29 Å². The Morgan fingerprint density at radius 1 is 1.33 bits per heavy atom. The molecule has 4 nitrogen and oxygen atoms in total. The molecule has 1 fully saturated rings. The molecule has 0 aromatic rings. The molecule has 0 saturated carbocycles. The van der Waals surface area contributed by atoms with Crippen LogP contribution >= 0.6 is 0 Å². The lowest BCUT2D eigenvalue weighted by Gasteiger charge is -2.24. The van der Waals surface area contributed by atoms with E-state index < -0.39 is 0 Å². The second-order valence-electron chi connectivity index (χ2n) is 2.95. The predicted molar refractivity (Wildman–Crippen MR) is 60.7 cm³/mol. The van der Waals surface area contributed by atoms with Crippen molar-refractivity contribution in [1.82, 2.24) is 0 Å². The number of hydrogen-bond donors (Lipinski definition) is 2. The minimum Gasteiger partial charge on any atom is -0.396 e. The quantitative estimate of drug-likeness (QED) is 0.744. The summed E-state index contributed by atoms with van der Waals surface area (Å²) in [5.74, 6) is 0. The van der Waals surface area contributed by atoms with Crippen LogP contribution in [0.2, 0.25) is 0 Å². The van der Waals surface area contributed by atoms with Gasteiger partial charge in [0, 0.05) is 20.1 Å². The van der Waals surface area contributed by atoms with Crippen LogP contribution in [0.5, 0.6) is 0 Å². The van der Waals surface area contributed by atoms with E-state index in [-0.39, 0.29) is 12.4 Å². The smallest absolute Gasteiger partial charge is 0.157 e. The van der Waals surface area contributed by atoms with Gasteiger partial charge in [-0.1, -0.05) is 20.8 Å². The molecule has 2 N–H and O–H groups in total. The van der Waals surface area contributed by atoms with Gasteiger partial charge in [0.1, 0.15) is 0 Å². The Bertz CT molecular complexity index is 98.8. The fraction of sp³-hybridized carbons (Fsp3) is 1.00. The van der Waals surface area contributed by atoms with Gasteiger partial charge in [0.25, 0.3) is 0 Å². The van der Waals surface area contributed by atoms with Crippen molar-refractivity contribution in [2.75, 3.05) is 20.3 Å². The number of rotatable bonds is 2. The number of aliphatic hydroxyl groups is 2. The first kappa shape index (κ1) is 17.2. The summed E-state index contributed by atoms with van der Waals surface area (Å²) in [7, 11) is 1.61. The SMILES string of the molecule is CC.CCCO.COC1CCC(O)CO1. The summed E-state index contributed by atoms with van der Waals surface area (Å²) in [5, 5.41) is 16.8. The molecule has 1 heterocycles. The molecule has 1 saturated heterocycles. The molecule has 0 aromatic heterocycles. The summed E-state index contributed by atoms with van der Waals surface area (Å²) in [4.78, 5) is 0. The molecule has 94 valence electrons. The van der Waals surface area contributed by atoms with Gasteiger partial charge in [0.05, 0.1) is 12.7 Å². The third kappa shape index (κ3) is 11.8. The van der Waals surface area contributed by atoms with Crippen LogP contribution in [0.1, 0.15) is 40.0 Å². The molecule has 2 atom stereocenters. The summed E-state index contributed by atoms with van der Waals surface area (Å²) in [5.41, 5.74) is 0. The van der Waals surface area contributed by atoms with Gasteiger partial charge in [-0.05, 0) is 12.8 Å². The van der Waals surface area contributed by atoms with Crippen LogP contribution in [0, 0.1) is 0 Å². The van der Waals surface area contributed by atoms with Crippen LogP contribution in [0.15, 0.2) is 0 Å². The Balaban J connectivity index is 0. The van der Waals surface area contributed by atoms with Crippen LogP contribution in [-0.4, -0.2) is 42.9 Å². The van der Waals surface area contributed by atoms with E-state index in [4.69, 9.17) is 19.7 Å². The molecule has 2 unspecified atom stereocenters. The highest BCUT2D eigenvalue weighted by molar-refractivity contribution is 4.62. The zero-order valence-electron chi connectivity index (χ0n) is 10.4. The van der Waals surface area contributed by atoms with Gasteiger partial charge >= 0.3 is 0 Å². The summed E-state index contributed by atoms with van der Waals surface area (Å²) < 4.78 is 9.97. The Morgan fingerprint density at radius 2 is 1.87 bits per heavy atom. The van der Waals surface area contributed by atoms with Gasteiger partial charge in [-0.3, -0.25) is 0 Å². The van der Waals surface area contributed by atoms with Gasteiger partial charge in [-0.15, -0.1) is 0 Å². The van der Waals surface area contributed by atoms with Gasteiger partial charge in [-0.2, -0.15) is 0 Å². The Morgan fingerprint density at radius 3 is 2.13 bits per heavy atom. The van der Waals surface area contributed by atoms with Gasteiger partial charge in [-0.25, -0.2) is 0 Å². The summed E-state index contributed by atoms with van der Waals surface area (Å²) in [6, 6.07) is 0. The first-order valence-corrected chi connectivity index (χ1v) is 5.67. The monoisotopic (exact) mass is 222 g/mol. The van der Waals surface area contributed by atoms with Crippen LogP contribution in [0.25, 0.3) is 0 Å². The van der Waals surface area contributed by atoms with Crippen LogP contribution in [0.4, 0.5) is 0 Å². The molecule has 1 aliphatic rings. The van der Waals surface area contributed by atoms with Crippen LogP contribution in [-0.2, 0) is 9.47 Å². The van der Waals surface area contributed by atoms with Crippen LogP contribution < -0.4 is 0 Å². The normalized spacial score (nSPS) is 24.4. The number of hydrogen-bond acceptors (Lipinski definition) is 4. The molecule has 0 bridgehead atoms. The maximum absolute atomic E-state index is 8.94. The predicted octanol–water partition coefficient (Wildman–Crippen LogP) is 1.55. The van der Waals surface area contributed by atoms with Crippen molar-refractivity contribution in [3.63, 3.8) is 0 Å². The van der Waals surface area contributed by atoms with Crippen molar-refractivity contribution in [1.29, 1.82) is 0 Å². The van der Waals surface area contributed by atoms with E-state index in [2.05, 4.69) is 0 Å². The number of methoxy groups -OCH3 is 1. The zero-order chi connectivity index (χ0) is 12.1. The van der Waals surface area contributed by atoms with Crippen molar-refractivity contribution in [3.05, 3.63) is 0 Å². The molecule has 0 radical (unpaired) electrons. The van der Waals surface area contributed by atoms with E-state index in [1.807, 2.05) is 20.8 Å². The lowest BCUT2D eigenvalue weighted by atomic mass is 10.1. The van der Waals surface area contributed by atoms with Crippen LogP contribution in [0.3, 0.4) is 0 Å². The van der Waals surface area contributed by atoms with Crippen molar-refractivity contribution in [2.45, 2.75) is 52.4 Å². The third-order valence-electron chi connectivity index (χ3n) is 1.70. The number of ether oxygens (including phenoxy) is 2. The van der Waals surface area contributed by atoms with Crippen molar-refractivity contribution >= 4 is 0 Å². The molecule has 1 rings (SSSR count). The summed E-state index contributed by atoms with van der Waals surface area (Å²) >= 11 is 0. The first-order valence-electron chi connectivity index (χ1n) is 5.67. The maximum atomic E-state index is 8.94. The molecule has 1 aliphatic heterocycles. The fourth-order valence-electron chi connectivity index (χ4n) is 0.899. The second-order valence-corrected chi connectivity index (χ2v) is 2.95. The molecular formula is C11H26O4. The summed E-state index contributed by atoms with van der Waals surface area (Å²) in [6.07, 6.45) is 2.10. The standard InChI is InChI=1S/C6H12O3.C3H8O.C2H6/c1-8-6-3-2-5(7)4-9-6;1-2-3-4;1-2/h5-7H,2-4H2,1H3;4H,2-3H2,1H3;1-2H3. The highest BCUT2D eigenvalue weighted by Gasteiger charge is 2.18. The topological polar surface area (TPSA) is 58.9 Å². The molecule has 0 aromatic carbocycles. The molecule has 0 spiro atoms. The Hall–Kier alpha value is -0.160. The van der Waals surface area contributed by atoms with Crippen molar-refractivity contribution in [3.8, 4) is 0 Å². The van der Waals surface area contributed by atoms with E-state index in [1.54, 1.807) is 7.11 Å². The fourth-order valence-corrected chi connectivity index (χ4v) is 0.899. The van der Waals surface area contributed by atoms with Gasteiger partial charge in [0.2, 0.25) is 0 Å². The highest BCUT2D eigenvalue weighted by Crippen LogP contribution is 2.12. The average molecular weight is 222 g/mol. The Labute approximate surface area is 93.2 Å². The highest BCUT2D eigenvalue weighted by atomic mass is 16.7. The molecule has 4 heteroatoms. The summed E-state index contributed by atoms with van der Waals surface area (Å²) in [6.45, 7) is 6.67. The first-order chi connectivity index (χ1) is 7.24. The average Bonchev–Trinajstić information content (AvgIpc) is 2.33. The largest absolute Gasteiger partial charge is 0.396 e. The van der Waals surface area contributed by atoms with E-state index in [9.17, 15) is 0 Å². The van der Waals surface area contributed by atoms with Gasteiger partial charge < -0.3 is 19.7 Å². The van der Waals surface area contributed by atoms with E-state index in [0.717, 1.165) is 19.3 Å². The van der Waals surface area contributed by atoms with Crippen molar-refractivity contribution < 1.29 is 19.7 Å².